The smallest absolute Gasteiger partial charge is 0.224 e. The highest BCUT2D eigenvalue weighted by Gasteiger charge is 2.21. The van der Waals surface area contributed by atoms with Gasteiger partial charge in [-0.15, -0.1) is 0 Å². The van der Waals surface area contributed by atoms with Crippen molar-refractivity contribution in [1.29, 1.82) is 0 Å². The van der Waals surface area contributed by atoms with Crippen molar-refractivity contribution < 1.29 is 9.53 Å². The van der Waals surface area contributed by atoms with Crippen LogP contribution in [-0.4, -0.2) is 24.7 Å². The first-order valence-corrected chi connectivity index (χ1v) is 6.96. The molecule has 1 aromatic carbocycles. The minimum atomic E-state index is 0.0362. The van der Waals surface area contributed by atoms with Gasteiger partial charge in [0.15, 0.2) is 0 Å². The number of hydrogen-bond acceptors (Lipinski definition) is 3. The monoisotopic (exact) mass is 262 g/mol. The van der Waals surface area contributed by atoms with Crippen molar-refractivity contribution in [3.05, 3.63) is 24.3 Å². The minimum absolute atomic E-state index is 0.0362. The standard InChI is InChI=1S/C15H22N2O2/c1-3-15(18)17-13-7-5-12(6-8-13)16-10-14-9-4-11(2)19-14/h5-8,11,14,16H,3-4,9-10H2,1-2H3,(H,17,18). The van der Waals surface area contributed by atoms with E-state index in [-0.39, 0.29) is 5.91 Å². The summed E-state index contributed by atoms with van der Waals surface area (Å²) in [6.45, 7) is 4.80. The predicted octanol–water partition coefficient (Wildman–Crippen LogP) is 3.01. The molecule has 0 aromatic heterocycles. The molecule has 1 amide bonds. The minimum Gasteiger partial charge on any atom is -0.382 e. The van der Waals surface area contributed by atoms with Crippen LogP contribution in [-0.2, 0) is 9.53 Å². The number of benzene rings is 1. The summed E-state index contributed by atoms with van der Waals surface area (Å²) in [5.41, 5.74) is 1.89. The molecule has 0 saturated carbocycles. The van der Waals surface area contributed by atoms with Gasteiger partial charge in [0.25, 0.3) is 0 Å². The number of ether oxygens (including phenoxy) is 1. The van der Waals surface area contributed by atoms with Crippen molar-refractivity contribution in [2.45, 2.75) is 45.3 Å². The molecule has 2 atom stereocenters. The van der Waals surface area contributed by atoms with Gasteiger partial charge in [-0.2, -0.15) is 0 Å². The highest BCUT2D eigenvalue weighted by Crippen LogP contribution is 2.20. The Morgan fingerprint density at radius 2 is 1.95 bits per heavy atom. The predicted molar refractivity (Wildman–Crippen MR) is 77.4 cm³/mol. The van der Waals surface area contributed by atoms with Gasteiger partial charge in [0, 0.05) is 24.3 Å². The van der Waals surface area contributed by atoms with E-state index in [9.17, 15) is 4.79 Å². The summed E-state index contributed by atoms with van der Waals surface area (Å²) < 4.78 is 5.75. The van der Waals surface area contributed by atoms with E-state index in [4.69, 9.17) is 4.74 Å². The number of carbonyl (C=O) groups excluding carboxylic acids is 1. The fraction of sp³-hybridized carbons (Fsp3) is 0.533. The number of anilines is 2. The van der Waals surface area contributed by atoms with E-state index in [0.29, 0.717) is 18.6 Å². The van der Waals surface area contributed by atoms with Crippen LogP contribution >= 0.6 is 0 Å². The molecule has 1 aliphatic heterocycles. The maximum atomic E-state index is 11.3. The van der Waals surface area contributed by atoms with Crippen LogP contribution in [0.2, 0.25) is 0 Å². The van der Waals surface area contributed by atoms with Gasteiger partial charge < -0.3 is 15.4 Å². The number of nitrogens with one attached hydrogen (secondary N) is 2. The summed E-state index contributed by atoms with van der Waals surface area (Å²) in [6, 6.07) is 7.77. The Morgan fingerprint density at radius 3 is 2.53 bits per heavy atom. The maximum Gasteiger partial charge on any atom is 0.224 e. The Morgan fingerprint density at radius 1 is 1.26 bits per heavy atom. The van der Waals surface area contributed by atoms with E-state index < -0.39 is 0 Å². The highest BCUT2D eigenvalue weighted by atomic mass is 16.5. The Balaban J connectivity index is 1.80. The van der Waals surface area contributed by atoms with Crippen molar-refractivity contribution in [3.8, 4) is 0 Å². The molecule has 0 bridgehead atoms. The fourth-order valence-electron chi connectivity index (χ4n) is 2.19. The third-order valence-corrected chi connectivity index (χ3v) is 3.34. The molecule has 4 heteroatoms. The lowest BCUT2D eigenvalue weighted by atomic mass is 10.2. The van der Waals surface area contributed by atoms with Crippen molar-refractivity contribution in [3.63, 3.8) is 0 Å². The quantitative estimate of drug-likeness (QED) is 0.857. The molecular weight excluding hydrogens is 240 g/mol. The van der Waals surface area contributed by atoms with Gasteiger partial charge in [-0.1, -0.05) is 6.92 Å². The largest absolute Gasteiger partial charge is 0.382 e. The van der Waals surface area contributed by atoms with Crippen molar-refractivity contribution in [2.24, 2.45) is 0 Å². The number of carbonyl (C=O) groups is 1. The number of hydrogen-bond donors (Lipinski definition) is 2. The summed E-state index contributed by atoms with van der Waals surface area (Å²) in [5, 5.41) is 6.19. The average molecular weight is 262 g/mol. The fourth-order valence-corrected chi connectivity index (χ4v) is 2.19. The van der Waals surface area contributed by atoms with E-state index in [2.05, 4.69) is 17.6 Å². The number of amides is 1. The van der Waals surface area contributed by atoms with Crippen molar-refractivity contribution in [2.75, 3.05) is 17.2 Å². The van der Waals surface area contributed by atoms with Gasteiger partial charge in [-0.05, 0) is 44.0 Å². The molecule has 0 aliphatic carbocycles. The summed E-state index contributed by atoms with van der Waals surface area (Å²) in [4.78, 5) is 11.3. The molecule has 0 radical (unpaired) electrons. The van der Waals surface area contributed by atoms with Crippen LogP contribution < -0.4 is 10.6 Å². The average Bonchev–Trinajstić information content (AvgIpc) is 2.83. The summed E-state index contributed by atoms with van der Waals surface area (Å²) in [5.74, 6) is 0.0362. The maximum absolute atomic E-state index is 11.3. The molecule has 2 rings (SSSR count). The van der Waals surface area contributed by atoms with Crippen molar-refractivity contribution in [1.82, 2.24) is 0 Å². The molecule has 1 saturated heterocycles. The van der Waals surface area contributed by atoms with Crippen LogP contribution in [0.3, 0.4) is 0 Å². The Hall–Kier alpha value is -1.55. The second-order valence-corrected chi connectivity index (χ2v) is 5.01. The lowest BCUT2D eigenvalue weighted by molar-refractivity contribution is -0.115. The SMILES string of the molecule is CCC(=O)Nc1ccc(NCC2CCC(C)O2)cc1. The Kier molecular flexibility index (Phi) is 4.80. The van der Waals surface area contributed by atoms with Gasteiger partial charge in [0.05, 0.1) is 12.2 Å². The molecule has 2 unspecified atom stereocenters. The molecule has 2 N–H and O–H groups in total. The van der Waals surface area contributed by atoms with Gasteiger partial charge in [-0.3, -0.25) is 4.79 Å². The molecule has 1 aromatic rings. The van der Waals surface area contributed by atoms with Crippen LogP contribution in [0.25, 0.3) is 0 Å². The molecule has 1 aliphatic rings. The van der Waals surface area contributed by atoms with Crippen molar-refractivity contribution >= 4 is 17.3 Å². The second-order valence-electron chi connectivity index (χ2n) is 5.01. The molecule has 104 valence electrons. The summed E-state index contributed by atoms with van der Waals surface area (Å²) >= 11 is 0. The third-order valence-electron chi connectivity index (χ3n) is 3.34. The molecule has 4 nitrogen and oxygen atoms in total. The first kappa shape index (κ1) is 13.9. The Labute approximate surface area is 114 Å². The molecule has 1 heterocycles. The Bertz CT molecular complexity index is 417. The van der Waals surface area contributed by atoms with E-state index >= 15 is 0 Å². The second kappa shape index (κ2) is 6.57. The topological polar surface area (TPSA) is 50.4 Å². The number of rotatable bonds is 5. The van der Waals surface area contributed by atoms with Crippen LogP contribution in [0.15, 0.2) is 24.3 Å². The lowest BCUT2D eigenvalue weighted by Crippen LogP contribution is -2.19. The van der Waals surface area contributed by atoms with E-state index in [1.807, 2.05) is 31.2 Å². The first-order valence-electron chi connectivity index (χ1n) is 6.96. The highest BCUT2D eigenvalue weighted by molar-refractivity contribution is 5.90. The van der Waals surface area contributed by atoms with E-state index in [1.54, 1.807) is 0 Å². The van der Waals surface area contributed by atoms with Gasteiger partial charge in [-0.25, -0.2) is 0 Å². The summed E-state index contributed by atoms with van der Waals surface area (Å²) in [7, 11) is 0. The van der Waals surface area contributed by atoms with E-state index in [0.717, 1.165) is 30.8 Å². The van der Waals surface area contributed by atoms with Gasteiger partial charge in [0.1, 0.15) is 0 Å². The summed E-state index contributed by atoms with van der Waals surface area (Å²) in [6.07, 6.45) is 3.47. The third kappa shape index (κ3) is 4.24. The zero-order chi connectivity index (χ0) is 13.7. The zero-order valence-corrected chi connectivity index (χ0v) is 11.6. The lowest BCUT2D eigenvalue weighted by Gasteiger charge is -2.13. The molecule has 19 heavy (non-hydrogen) atoms. The van der Waals surface area contributed by atoms with Crippen LogP contribution in [0, 0.1) is 0 Å². The van der Waals surface area contributed by atoms with Gasteiger partial charge >= 0.3 is 0 Å². The van der Waals surface area contributed by atoms with Crippen LogP contribution in [0.1, 0.15) is 33.1 Å². The van der Waals surface area contributed by atoms with Gasteiger partial charge in [0.2, 0.25) is 5.91 Å². The molecule has 0 spiro atoms. The molecule has 1 fully saturated rings. The van der Waals surface area contributed by atoms with Crippen LogP contribution in [0.4, 0.5) is 11.4 Å². The van der Waals surface area contributed by atoms with Crippen LogP contribution in [0.5, 0.6) is 0 Å². The zero-order valence-electron chi connectivity index (χ0n) is 11.6. The van der Waals surface area contributed by atoms with E-state index in [1.165, 1.54) is 0 Å². The molecular formula is C15H22N2O2. The first-order chi connectivity index (χ1) is 9.17. The normalized spacial score (nSPS) is 22.2.